The molecular weight excluding hydrogens is 426 g/mol. The molecule has 2 amide bonds. The standard InChI is InChI=1S/C21H26ClN3O4S/c1-15-8-10-19(11-9-15)25(30(4,28)29)14-20(26)24(16(2)21(27)23-3)13-17-6-5-7-18(22)12-17/h5-12,16H,13-14H2,1-4H3,(H,23,27). The van der Waals surface area contributed by atoms with Crippen LogP contribution < -0.4 is 9.62 Å². The molecule has 9 heteroatoms. The van der Waals surface area contributed by atoms with Crippen LogP contribution in [0.25, 0.3) is 0 Å². The van der Waals surface area contributed by atoms with Gasteiger partial charge in [0.25, 0.3) is 0 Å². The molecule has 0 saturated heterocycles. The van der Waals surface area contributed by atoms with Crippen molar-refractivity contribution in [3.05, 3.63) is 64.7 Å². The lowest BCUT2D eigenvalue weighted by Crippen LogP contribution is -2.50. The average Bonchev–Trinajstić information content (AvgIpc) is 2.69. The lowest BCUT2D eigenvalue weighted by atomic mass is 10.1. The summed E-state index contributed by atoms with van der Waals surface area (Å²) in [5.41, 5.74) is 2.08. The fourth-order valence-electron chi connectivity index (χ4n) is 2.95. The number of carbonyl (C=O) groups is 2. The smallest absolute Gasteiger partial charge is 0.244 e. The molecule has 1 atom stereocenters. The molecule has 2 aromatic carbocycles. The Morgan fingerprint density at radius 1 is 1.13 bits per heavy atom. The van der Waals surface area contributed by atoms with Crippen LogP contribution in [0.4, 0.5) is 5.69 Å². The molecule has 0 fully saturated rings. The maximum Gasteiger partial charge on any atom is 0.244 e. The minimum Gasteiger partial charge on any atom is -0.357 e. The van der Waals surface area contributed by atoms with Gasteiger partial charge >= 0.3 is 0 Å². The zero-order valence-corrected chi connectivity index (χ0v) is 19.0. The molecule has 0 aliphatic carbocycles. The van der Waals surface area contributed by atoms with Gasteiger partial charge in [-0.15, -0.1) is 0 Å². The molecule has 2 aromatic rings. The summed E-state index contributed by atoms with van der Waals surface area (Å²) in [6.45, 7) is 3.17. The lowest BCUT2D eigenvalue weighted by Gasteiger charge is -2.31. The number of nitrogens with one attached hydrogen (secondary N) is 1. The Hall–Kier alpha value is -2.58. The van der Waals surface area contributed by atoms with Crippen LogP contribution in [0.15, 0.2) is 48.5 Å². The minimum atomic E-state index is -3.73. The zero-order chi connectivity index (χ0) is 22.5. The van der Waals surface area contributed by atoms with E-state index in [2.05, 4.69) is 5.32 Å². The van der Waals surface area contributed by atoms with Crippen LogP contribution >= 0.6 is 11.6 Å². The fraction of sp³-hybridized carbons (Fsp3) is 0.333. The van der Waals surface area contributed by atoms with Crippen molar-refractivity contribution in [3.8, 4) is 0 Å². The van der Waals surface area contributed by atoms with Crippen molar-refractivity contribution in [1.29, 1.82) is 0 Å². The van der Waals surface area contributed by atoms with E-state index in [0.29, 0.717) is 10.7 Å². The molecule has 0 saturated carbocycles. The number of hydrogen-bond acceptors (Lipinski definition) is 4. The third-order valence-corrected chi connectivity index (χ3v) is 6.03. The Balaban J connectivity index is 2.36. The molecular formula is C21H26ClN3O4S. The molecule has 1 unspecified atom stereocenters. The van der Waals surface area contributed by atoms with Gasteiger partial charge in [0.05, 0.1) is 11.9 Å². The Morgan fingerprint density at radius 2 is 1.77 bits per heavy atom. The predicted molar refractivity (Wildman–Crippen MR) is 119 cm³/mol. The molecule has 7 nitrogen and oxygen atoms in total. The average molecular weight is 452 g/mol. The Morgan fingerprint density at radius 3 is 2.30 bits per heavy atom. The van der Waals surface area contributed by atoms with Gasteiger partial charge in [0, 0.05) is 18.6 Å². The summed E-state index contributed by atoms with van der Waals surface area (Å²) in [7, 11) is -2.24. The molecule has 0 radical (unpaired) electrons. The second-order valence-electron chi connectivity index (χ2n) is 7.05. The summed E-state index contributed by atoms with van der Waals surface area (Å²) in [5.74, 6) is -0.858. The van der Waals surface area contributed by atoms with E-state index in [-0.39, 0.29) is 12.5 Å². The minimum absolute atomic E-state index is 0.111. The van der Waals surface area contributed by atoms with Gasteiger partial charge in [-0.25, -0.2) is 8.42 Å². The first-order valence-corrected chi connectivity index (χ1v) is 11.6. The first kappa shape index (κ1) is 23.7. The summed E-state index contributed by atoms with van der Waals surface area (Å²) in [6.07, 6.45) is 1.05. The van der Waals surface area contributed by atoms with Gasteiger partial charge in [-0.3, -0.25) is 13.9 Å². The van der Waals surface area contributed by atoms with E-state index in [1.165, 1.54) is 11.9 Å². The zero-order valence-electron chi connectivity index (χ0n) is 17.4. The van der Waals surface area contributed by atoms with E-state index >= 15 is 0 Å². The van der Waals surface area contributed by atoms with E-state index in [0.717, 1.165) is 21.7 Å². The molecule has 0 heterocycles. The van der Waals surface area contributed by atoms with Gasteiger partial charge in [-0.1, -0.05) is 41.4 Å². The number of aryl methyl sites for hydroxylation is 1. The van der Waals surface area contributed by atoms with Crippen molar-refractivity contribution in [3.63, 3.8) is 0 Å². The number of amides is 2. The highest BCUT2D eigenvalue weighted by molar-refractivity contribution is 7.92. The summed E-state index contributed by atoms with van der Waals surface area (Å²) in [6, 6.07) is 13.0. The van der Waals surface area contributed by atoms with Crippen molar-refractivity contribution in [1.82, 2.24) is 10.2 Å². The molecule has 0 aliphatic rings. The maximum absolute atomic E-state index is 13.2. The molecule has 0 aromatic heterocycles. The number of nitrogens with zero attached hydrogens (tertiary/aromatic N) is 2. The molecule has 1 N–H and O–H groups in total. The van der Waals surface area contributed by atoms with Gasteiger partial charge in [-0.2, -0.15) is 0 Å². The third kappa shape index (κ3) is 6.21. The maximum atomic E-state index is 13.2. The number of halogens is 1. The molecule has 2 rings (SSSR count). The second-order valence-corrected chi connectivity index (χ2v) is 9.39. The summed E-state index contributed by atoms with van der Waals surface area (Å²) in [4.78, 5) is 26.8. The number of rotatable bonds is 8. The number of benzene rings is 2. The highest BCUT2D eigenvalue weighted by atomic mass is 35.5. The predicted octanol–water partition coefficient (Wildman–Crippen LogP) is 2.58. The second kappa shape index (κ2) is 9.95. The van der Waals surface area contributed by atoms with E-state index in [9.17, 15) is 18.0 Å². The van der Waals surface area contributed by atoms with Crippen molar-refractivity contribution in [2.75, 3.05) is 24.2 Å². The van der Waals surface area contributed by atoms with E-state index in [4.69, 9.17) is 11.6 Å². The highest BCUT2D eigenvalue weighted by Gasteiger charge is 2.29. The number of anilines is 1. The summed E-state index contributed by atoms with van der Waals surface area (Å²) in [5, 5.41) is 3.03. The van der Waals surface area contributed by atoms with Gasteiger partial charge in [-0.05, 0) is 43.7 Å². The molecule has 0 aliphatic heterocycles. The first-order valence-electron chi connectivity index (χ1n) is 9.33. The topological polar surface area (TPSA) is 86.8 Å². The van der Waals surface area contributed by atoms with Gasteiger partial charge in [0.15, 0.2) is 0 Å². The van der Waals surface area contributed by atoms with Crippen LogP contribution in [0.5, 0.6) is 0 Å². The van der Waals surface area contributed by atoms with Crippen LogP contribution in [0, 0.1) is 6.92 Å². The van der Waals surface area contributed by atoms with E-state index in [1.54, 1.807) is 55.5 Å². The van der Waals surface area contributed by atoms with Crippen LogP contribution in [-0.2, 0) is 26.2 Å². The largest absolute Gasteiger partial charge is 0.357 e. The summed E-state index contributed by atoms with van der Waals surface area (Å²) < 4.78 is 25.8. The molecule has 0 spiro atoms. The first-order chi connectivity index (χ1) is 14.0. The Labute approximate surface area is 182 Å². The number of hydrogen-bond donors (Lipinski definition) is 1. The van der Waals surface area contributed by atoms with Gasteiger partial charge in [0.1, 0.15) is 12.6 Å². The van der Waals surface area contributed by atoms with Crippen molar-refractivity contribution >= 4 is 39.1 Å². The van der Waals surface area contributed by atoms with Crippen LogP contribution in [0.2, 0.25) is 5.02 Å². The third-order valence-electron chi connectivity index (χ3n) is 4.66. The summed E-state index contributed by atoms with van der Waals surface area (Å²) >= 11 is 6.04. The highest BCUT2D eigenvalue weighted by Crippen LogP contribution is 2.20. The molecule has 0 bridgehead atoms. The Kier molecular flexibility index (Phi) is 7.86. The quantitative estimate of drug-likeness (QED) is 0.668. The van der Waals surface area contributed by atoms with Crippen LogP contribution in [0.1, 0.15) is 18.1 Å². The SMILES string of the molecule is CNC(=O)C(C)N(Cc1cccc(Cl)c1)C(=O)CN(c1ccc(C)cc1)S(C)(=O)=O. The van der Waals surface area contributed by atoms with Gasteiger partial charge in [0.2, 0.25) is 21.8 Å². The van der Waals surface area contributed by atoms with Gasteiger partial charge < -0.3 is 10.2 Å². The van der Waals surface area contributed by atoms with Crippen molar-refractivity contribution in [2.45, 2.75) is 26.4 Å². The van der Waals surface area contributed by atoms with E-state index in [1.807, 2.05) is 6.92 Å². The van der Waals surface area contributed by atoms with Crippen molar-refractivity contribution in [2.24, 2.45) is 0 Å². The van der Waals surface area contributed by atoms with Crippen molar-refractivity contribution < 1.29 is 18.0 Å². The Bertz CT molecular complexity index is 1010. The number of likely N-dealkylation sites (N-methyl/N-ethyl adjacent to an activating group) is 1. The molecule has 30 heavy (non-hydrogen) atoms. The normalized spacial score (nSPS) is 12.2. The van der Waals surface area contributed by atoms with E-state index < -0.39 is 28.5 Å². The lowest BCUT2D eigenvalue weighted by molar-refractivity contribution is -0.139. The monoisotopic (exact) mass is 451 g/mol. The van der Waals surface area contributed by atoms with Crippen LogP contribution in [0.3, 0.4) is 0 Å². The number of carbonyl (C=O) groups excluding carboxylic acids is 2. The molecule has 162 valence electrons. The number of sulfonamides is 1. The fourth-order valence-corrected chi connectivity index (χ4v) is 4.01. The van der Waals surface area contributed by atoms with Crippen LogP contribution in [-0.4, -0.2) is 51.0 Å².